The highest BCUT2D eigenvalue weighted by Crippen LogP contribution is 2.68. The lowest BCUT2D eigenvalue weighted by Crippen LogP contribution is -2.54. The van der Waals surface area contributed by atoms with Crippen molar-refractivity contribution in [2.75, 3.05) is 24.7 Å². The Kier molecular flexibility index (Phi) is 12.9. The van der Waals surface area contributed by atoms with E-state index in [9.17, 15) is 9.59 Å². The predicted molar refractivity (Wildman–Crippen MR) is 235 cm³/mol. The zero-order valence-corrected chi connectivity index (χ0v) is 35.7. The Hall–Kier alpha value is -4.26. The minimum atomic E-state index is -0.510. The molecule has 4 aliphatic rings. The number of ether oxygens (including phenoxy) is 3. The van der Waals surface area contributed by atoms with Crippen molar-refractivity contribution in [2.45, 2.75) is 118 Å². The standard InChI is InChI=1S/C51H68N2O5/c1-33(2)7-6-8-34(3)45-20-21-46-44-19-14-38-31-43(23-25-50(38,4)47(44)24-26-51(45,46)5)58-42-17-12-36(13-18-42)48(54)22-11-35-9-15-41(16-10-35)56-27-28-57-49(55)37-29-39(52)32-40(53)30-37/h9-13,15-18,22,29-30,32-34,38,43-47H,6-8,14,19-21,23-28,31,52-53H2,1-5H3/t34-,38?,43?,44?,45-,46?,47?,50+,51-/m1/s1. The van der Waals surface area contributed by atoms with Gasteiger partial charge in [-0.25, -0.2) is 4.79 Å². The Morgan fingerprint density at radius 1 is 0.759 bits per heavy atom. The molecule has 3 aromatic carbocycles. The van der Waals surface area contributed by atoms with Gasteiger partial charge in [0.25, 0.3) is 0 Å². The number of ketones is 1. The average molecular weight is 789 g/mol. The summed E-state index contributed by atoms with van der Waals surface area (Å²) in [6.07, 6.45) is 19.9. The molecule has 4 aliphatic carbocycles. The topological polar surface area (TPSA) is 114 Å². The fraction of sp³-hybridized carbons (Fsp3) is 0.569. The number of anilines is 2. The molecule has 0 amide bonds. The molecule has 0 radical (unpaired) electrons. The maximum Gasteiger partial charge on any atom is 0.338 e. The second-order valence-corrected chi connectivity index (χ2v) is 19.4. The maximum atomic E-state index is 13.1. The van der Waals surface area contributed by atoms with Gasteiger partial charge in [-0.15, -0.1) is 0 Å². The highest BCUT2D eigenvalue weighted by Gasteiger charge is 2.60. The van der Waals surface area contributed by atoms with Crippen LogP contribution in [0.15, 0.2) is 72.8 Å². The summed E-state index contributed by atoms with van der Waals surface area (Å²) in [5.41, 5.74) is 15.1. The zero-order valence-electron chi connectivity index (χ0n) is 35.7. The third-order valence-electron chi connectivity index (χ3n) is 15.4. The van der Waals surface area contributed by atoms with Crippen LogP contribution in [0.3, 0.4) is 0 Å². The fourth-order valence-corrected chi connectivity index (χ4v) is 12.4. The Morgan fingerprint density at radius 2 is 1.45 bits per heavy atom. The molecule has 0 aliphatic heterocycles. The van der Waals surface area contributed by atoms with Gasteiger partial charge in [0.2, 0.25) is 0 Å². The molecule has 0 saturated heterocycles. The van der Waals surface area contributed by atoms with Crippen LogP contribution in [0, 0.1) is 52.3 Å². The van der Waals surface area contributed by atoms with Crippen LogP contribution in [0.5, 0.6) is 11.5 Å². The molecule has 58 heavy (non-hydrogen) atoms. The molecule has 3 aromatic rings. The summed E-state index contributed by atoms with van der Waals surface area (Å²) in [6.45, 7) is 13.0. The molecule has 0 heterocycles. The number of nitrogen functional groups attached to an aromatic ring is 2. The van der Waals surface area contributed by atoms with Crippen molar-refractivity contribution in [3.05, 3.63) is 89.5 Å². The number of nitrogens with two attached hydrogens (primary N) is 2. The lowest BCUT2D eigenvalue weighted by atomic mass is 9.44. The molecule has 4 saturated carbocycles. The van der Waals surface area contributed by atoms with E-state index in [0.717, 1.165) is 65.6 Å². The fourth-order valence-electron chi connectivity index (χ4n) is 12.4. The van der Waals surface area contributed by atoms with Crippen LogP contribution in [-0.2, 0) is 4.74 Å². The SMILES string of the molecule is CC(C)CCC[C@@H](C)[C@H]1CCC2C3CCC4CC(Oc5ccc(C(=O)C=Cc6ccc(OCCOC(=O)c7cc(N)cc(N)c7)cc6)cc5)CC[C@]4(C)C3CC[C@@]21C. The van der Waals surface area contributed by atoms with E-state index in [4.69, 9.17) is 25.7 Å². The van der Waals surface area contributed by atoms with Gasteiger partial charge in [0.15, 0.2) is 5.78 Å². The van der Waals surface area contributed by atoms with Crippen molar-refractivity contribution < 1.29 is 23.8 Å². The van der Waals surface area contributed by atoms with E-state index in [-0.39, 0.29) is 25.1 Å². The minimum Gasteiger partial charge on any atom is -0.490 e. The van der Waals surface area contributed by atoms with Crippen LogP contribution in [0.25, 0.3) is 6.08 Å². The number of allylic oxidation sites excluding steroid dienone is 1. The number of hydrogen-bond acceptors (Lipinski definition) is 7. The second kappa shape index (κ2) is 17.9. The largest absolute Gasteiger partial charge is 0.490 e. The summed E-state index contributed by atoms with van der Waals surface area (Å²) in [7, 11) is 0. The van der Waals surface area contributed by atoms with E-state index in [1.165, 1.54) is 76.3 Å². The van der Waals surface area contributed by atoms with Crippen LogP contribution in [-0.4, -0.2) is 31.1 Å². The molecule has 5 unspecified atom stereocenters. The first-order chi connectivity index (χ1) is 27.8. The van der Waals surface area contributed by atoms with Crippen LogP contribution in [0.4, 0.5) is 11.4 Å². The number of fused-ring (bicyclic) bond motifs is 5. The molecule has 7 nitrogen and oxygen atoms in total. The summed E-state index contributed by atoms with van der Waals surface area (Å²) in [6, 6.07) is 19.7. The van der Waals surface area contributed by atoms with Gasteiger partial charge in [-0.2, -0.15) is 0 Å². The molecular weight excluding hydrogens is 721 g/mol. The van der Waals surface area contributed by atoms with Gasteiger partial charge in [-0.3, -0.25) is 4.79 Å². The number of benzene rings is 3. The molecular formula is C51H68N2O5. The van der Waals surface area contributed by atoms with E-state index >= 15 is 0 Å². The van der Waals surface area contributed by atoms with E-state index in [2.05, 4.69) is 34.6 Å². The number of carbonyl (C=O) groups is 2. The van der Waals surface area contributed by atoms with Crippen LogP contribution in [0.1, 0.15) is 138 Å². The van der Waals surface area contributed by atoms with Crippen LogP contribution in [0.2, 0.25) is 0 Å². The van der Waals surface area contributed by atoms with Gasteiger partial charge in [-0.05, 0) is 176 Å². The van der Waals surface area contributed by atoms with Crippen molar-refractivity contribution in [1.29, 1.82) is 0 Å². The first kappa shape index (κ1) is 41.9. The minimum absolute atomic E-state index is 0.0569. The van der Waals surface area contributed by atoms with Gasteiger partial charge in [0, 0.05) is 16.9 Å². The van der Waals surface area contributed by atoms with E-state index in [1.54, 1.807) is 18.2 Å². The van der Waals surface area contributed by atoms with Crippen molar-refractivity contribution in [3.63, 3.8) is 0 Å². The highest BCUT2D eigenvalue weighted by atomic mass is 16.6. The lowest BCUT2D eigenvalue weighted by molar-refractivity contribution is -0.126. The van der Waals surface area contributed by atoms with Gasteiger partial charge >= 0.3 is 5.97 Å². The van der Waals surface area contributed by atoms with Gasteiger partial charge in [0.05, 0.1) is 11.7 Å². The molecule has 0 bridgehead atoms. The van der Waals surface area contributed by atoms with Crippen molar-refractivity contribution in [1.82, 2.24) is 0 Å². The normalized spacial score (nSPS) is 29.6. The Bertz CT molecular complexity index is 1880. The molecule has 4 fully saturated rings. The molecule has 7 rings (SSSR count). The summed E-state index contributed by atoms with van der Waals surface area (Å²) in [4.78, 5) is 25.3. The molecule has 0 spiro atoms. The Morgan fingerprint density at radius 3 is 2.17 bits per heavy atom. The highest BCUT2D eigenvalue weighted by molar-refractivity contribution is 6.06. The Balaban J connectivity index is 0.852. The monoisotopic (exact) mass is 789 g/mol. The maximum absolute atomic E-state index is 13.1. The summed E-state index contributed by atoms with van der Waals surface area (Å²) in [5.74, 6) is 6.97. The van der Waals surface area contributed by atoms with Crippen molar-refractivity contribution >= 4 is 29.2 Å². The third-order valence-corrected chi connectivity index (χ3v) is 15.4. The number of rotatable bonds is 15. The quantitative estimate of drug-likeness (QED) is 0.0518. The number of carbonyl (C=O) groups excluding carboxylic acids is 2. The van der Waals surface area contributed by atoms with Crippen LogP contribution >= 0.6 is 0 Å². The molecule has 9 atom stereocenters. The summed E-state index contributed by atoms with van der Waals surface area (Å²) < 4.78 is 17.6. The molecule has 4 N–H and O–H groups in total. The first-order valence-electron chi connectivity index (χ1n) is 22.4. The van der Waals surface area contributed by atoms with E-state index < -0.39 is 5.97 Å². The third kappa shape index (κ3) is 9.29. The smallest absolute Gasteiger partial charge is 0.338 e. The van der Waals surface area contributed by atoms with Gasteiger partial charge in [0.1, 0.15) is 24.7 Å². The number of esters is 1. The Labute approximate surface area is 347 Å². The first-order valence-corrected chi connectivity index (χ1v) is 22.4. The lowest BCUT2D eigenvalue weighted by Gasteiger charge is -2.61. The van der Waals surface area contributed by atoms with E-state index in [0.29, 0.717) is 39.1 Å². The molecule has 312 valence electrons. The average Bonchev–Trinajstić information content (AvgIpc) is 3.56. The number of hydrogen-bond donors (Lipinski definition) is 2. The summed E-state index contributed by atoms with van der Waals surface area (Å²) in [5, 5.41) is 0. The molecule has 0 aromatic heterocycles. The zero-order chi connectivity index (χ0) is 41.0. The van der Waals surface area contributed by atoms with Crippen LogP contribution < -0.4 is 20.9 Å². The second-order valence-electron chi connectivity index (χ2n) is 19.4. The van der Waals surface area contributed by atoms with E-state index in [1.807, 2.05) is 48.5 Å². The predicted octanol–water partition coefficient (Wildman–Crippen LogP) is 11.9. The van der Waals surface area contributed by atoms with Gasteiger partial charge in [-0.1, -0.05) is 72.1 Å². The molecule has 7 heteroatoms. The van der Waals surface area contributed by atoms with Crippen molar-refractivity contribution in [2.24, 2.45) is 52.3 Å². The van der Waals surface area contributed by atoms with Crippen molar-refractivity contribution in [3.8, 4) is 11.5 Å². The summed E-state index contributed by atoms with van der Waals surface area (Å²) >= 11 is 0. The van der Waals surface area contributed by atoms with Gasteiger partial charge < -0.3 is 25.7 Å².